The van der Waals surface area contributed by atoms with Gasteiger partial charge < -0.3 is 14.4 Å². The smallest absolute Gasteiger partial charge is 0.285 e. The maximum absolute atomic E-state index is 11.6. The van der Waals surface area contributed by atoms with Crippen LogP contribution in [0.1, 0.15) is 5.56 Å². The molecule has 6 nitrogen and oxygen atoms in total. The Morgan fingerprint density at radius 2 is 0.500 bits per heavy atom. The first-order valence-corrected chi connectivity index (χ1v) is 34.4. The summed E-state index contributed by atoms with van der Waals surface area (Å²) in [6.45, 7) is 0. The second-order valence-corrected chi connectivity index (χ2v) is 29.4. The van der Waals surface area contributed by atoms with Gasteiger partial charge in [-0.15, -0.1) is 0 Å². The Kier molecular flexibility index (Phi) is 21.2. The molecule has 0 radical (unpaired) electrons. The first-order chi connectivity index (χ1) is 41.3. The maximum Gasteiger partial charge on any atom is 0.285 e. The molecule has 0 unspecified atom stereocenters. The molecule has 0 fully saturated rings. The third-order valence-corrected chi connectivity index (χ3v) is 25.4. The predicted molar refractivity (Wildman–Crippen MR) is 352 cm³/mol. The molecule has 0 spiro atoms. The molecule has 13 aromatic rings. The molecule has 0 amide bonds. The summed E-state index contributed by atoms with van der Waals surface area (Å²) in [6.07, 6.45) is 3.60. The van der Waals surface area contributed by atoms with Crippen LogP contribution in [0.4, 0.5) is 0 Å². The molecule has 0 aliphatic rings. The van der Waals surface area contributed by atoms with E-state index in [1.54, 1.807) is 19.5 Å². The summed E-state index contributed by atoms with van der Waals surface area (Å²) >= 11 is 1.83. The number of pyridine rings is 2. The van der Waals surface area contributed by atoms with Crippen LogP contribution in [0.25, 0.3) is 21.8 Å². The van der Waals surface area contributed by atoms with Crippen molar-refractivity contribution in [3.05, 3.63) is 352 Å². The van der Waals surface area contributed by atoms with E-state index in [-0.39, 0.29) is 0 Å². The standard InChI is InChI=1S/3C18H16OSi.C12H8N2.C8H7O.Mo/c3*19-20(16-10-4-1-5-11-16,17-12-6-2-7-13-17)18-14-8-3-9-15-18;1-3-9-5-6-10-4-2-8-14-12(10)11(9)13-7-1;1-7-3-5-8(9-2)6-4-7;/h3*1-15,19H;1-8H;3-6H,2H3;. The van der Waals surface area contributed by atoms with E-state index < -0.39 is 25.0 Å². The van der Waals surface area contributed by atoms with E-state index in [1.807, 2.05) is 329 Å². The van der Waals surface area contributed by atoms with Gasteiger partial charge in [0.2, 0.25) is 0 Å². The van der Waals surface area contributed by atoms with Crippen molar-refractivity contribution in [2.24, 2.45) is 0 Å². The van der Waals surface area contributed by atoms with Gasteiger partial charge in [0.05, 0.1) is 11.0 Å². The van der Waals surface area contributed by atoms with Crippen LogP contribution in [-0.4, -0.2) is 56.4 Å². The number of hydrogen-bond acceptors (Lipinski definition) is 6. The summed E-state index contributed by atoms with van der Waals surface area (Å²) in [4.78, 5) is 43.4. The van der Waals surface area contributed by atoms with E-state index in [4.69, 9.17) is 4.74 Å². The van der Waals surface area contributed by atoms with Crippen LogP contribution >= 0.6 is 0 Å². The SMILES string of the molecule is COc1ccc([C]#[Mo])cc1.O[Si](c1ccccc1)(c1ccccc1)c1ccccc1.O[Si](c1ccccc1)(c1ccccc1)c1ccccc1.O[Si](c1ccccc1)(c1ccccc1)c1ccccc1.c1cnc2c(c1)ccc1cccnc12. The topological polar surface area (TPSA) is 95.7 Å². The number of nitrogens with zero attached hydrogens (tertiary/aromatic N) is 2. The minimum atomic E-state index is -2.88. The average molecular weight is 1220 g/mol. The molecule has 0 atom stereocenters. The van der Waals surface area contributed by atoms with Crippen LogP contribution in [-0.2, 0) is 19.2 Å². The Balaban J connectivity index is 0.000000128. The van der Waals surface area contributed by atoms with Crippen LogP contribution < -0.4 is 51.4 Å². The third-order valence-electron chi connectivity index (χ3n) is 14.3. The van der Waals surface area contributed by atoms with Gasteiger partial charge >= 0.3 is 70.8 Å². The first kappa shape index (κ1) is 59.7. The van der Waals surface area contributed by atoms with Crippen LogP contribution in [0.3, 0.4) is 0 Å². The van der Waals surface area contributed by atoms with Gasteiger partial charge in [0.15, 0.2) is 0 Å². The molecule has 0 saturated heterocycles. The molecular weight excluding hydrogens is 1160 g/mol. The normalized spacial score (nSPS) is 10.8. The molecule has 0 bridgehead atoms. The van der Waals surface area contributed by atoms with Gasteiger partial charge in [-0.1, -0.05) is 297 Å². The largest absolute Gasteiger partial charge is 0.421 e. The van der Waals surface area contributed by atoms with E-state index >= 15 is 0 Å². The number of benzene rings is 11. The number of rotatable bonds is 10. The quantitative estimate of drug-likeness (QED) is 0.0719. The van der Waals surface area contributed by atoms with E-state index in [0.29, 0.717) is 0 Å². The fourth-order valence-corrected chi connectivity index (χ4v) is 19.4. The van der Waals surface area contributed by atoms with Crippen molar-refractivity contribution in [1.82, 2.24) is 9.97 Å². The van der Waals surface area contributed by atoms with Crippen molar-refractivity contribution >= 4 is 93.4 Å². The van der Waals surface area contributed by atoms with Gasteiger partial charge in [0, 0.05) is 23.2 Å². The molecule has 2 aromatic heterocycles. The molecule has 10 heteroatoms. The molecular formula is C74H63MoN2O4Si3. The third kappa shape index (κ3) is 14.4. The fraction of sp³-hybridized carbons (Fsp3) is 0.0135. The molecule has 3 N–H and O–H groups in total. The fourth-order valence-electron chi connectivity index (χ4n) is 9.95. The van der Waals surface area contributed by atoms with E-state index in [1.165, 1.54) is 0 Å². The van der Waals surface area contributed by atoms with Crippen molar-refractivity contribution in [1.29, 1.82) is 0 Å². The molecule has 0 aliphatic heterocycles. The average Bonchev–Trinajstić information content (AvgIpc) is 3.59. The number of methoxy groups -OCH3 is 1. The summed E-state index contributed by atoms with van der Waals surface area (Å²) in [6, 6.07) is 110. The van der Waals surface area contributed by atoms with Gasteiger partial charge in [-0.3, -0.25) is 9.97 Å². The Bertz CT molecular complexity index is 3450. The summed E-state index contributed by atoms with van der Waals surface area (Å²) in [5.41, 5.74) is 3.06. The second kappa shape index (κ2) is 29.8. The van der Waals surface area contributed by atoms with Crippen molar-refractivity contribution in [2.75, 3.05) is 7.11 Å². The van der Waals surface area contributed by atoms with Crippen molar-refractivity contribution < 1.29 is 38.3 Å². The minimum absolute atomic E-state index is 0.889. The number of hydrogen-bond donors (Lipinski definition) is 3. The van der Waals surface area contributed by atoms with Crippen LogP contribution in [0.5, 0.6) is 5.75 Å². The monoisotopic (exact) mass is 1230 g/mol. The molecule has 11 aromatic carbocycles. The Morgan fingerprint density at radius 3 is 0.690 bits per heavy atom. The Hall–Kier alpha value is -8.96. The summed E-state index contributed by atoms with van der Waals surface area (Å²) in [5, 5.41) is 11.4. The van der Waals surface area contributed by atoms with Gasteiger partial charge in [0.1, 0.15) is 0 Å². The van der Waals surface area contributed by atoms with Crippen LogP contribution in [0.2, 0.25) is 0 Å². The van der Waals surface area contributed by atoms with Crippen LogP contribution in [0, 0.1) is 4.20 Å². The number of ether oxygens (including phenoxy) is 1. The number of fused-ring (bicyclic) bond motifs is 3. The molecule has 13 rings (SSSR count). The number of aromatic nitrogens is 2. The first-order valence-electron chi connectivity index (χ1n) is 27.5. The Morgan fingerprint density at radius 1 is 0.286 bits per heavy atom. The maximum atomic E-state index is 11.6. The minimum Gasteiger partial charge on any atom is -0.421 e. The summed E-state index contributed by atoms with van der Waals surface area (Å²) < 4.78 is 8.02. The van der Waals surface area contributed by atoms with E-state index in [2.05, 4.69) is 38.4 Å². The van der Waals surface area contributed by atoms with Crippen molar-refractivity contribution in [2.45, 2.75) is 0 Å². The zero-order chi connectivity index (χ0) is 58.3. The molecule has 2 heterocycles. The van der Waals surface area contributed by atoms with E-state index in [0.717, 1.165) is 79.8 Å². The van der Waals surface area contributed by atoms with E-state index in [9.17, 15) is 14.4 Å². The van der Waals surface area contributed by atoms with Gasteiger partial charge in [-0.05, 0) is 58.8 Å². The molecule has 0 saturated carbocycles. The zero-order valence-electron chi connectivity index (χ0n) is 46.5. The molecule has 0 aliphatic carbocycles. The van der Waals surface area contributed by atoms with Gasteiger partial charge in [0.25, 0.3) is 25.0 Å². The summed E-state index contributed by atoms with van der Waals surface area (Å²) in [7, 11) is -6.97. The summed E-state index contributed by atoms with van der Waals surface area (Å²) in [5.74, 6) is 0.889. The second-order valence-electron chi connectivity index (χ2n) is 19.5. The molecule has 84 heavy (non-hydrogen) atoms. The van der Waals surface area contributed by atoms with Crippen LogP contribution in [0.15, 0.2) is 346 Å². The Labute approximate surface area is 506 Å². The predicted octanol–water partition coefficient (Wildman–Crippen LogP) is 9.27. The van der Waals surface area contributed by atoms with Crippen molar-refractivity contribution in [3.63, 3.8) is 0 Å². The zero-order valence-corrected chi connectivity index (χ0v) is 51.5. The van der Waals surface area contributed by atoms with Gasteiger partial charge in [-0.25, -0.2) is 0 Å². The molecule has 411 valence electrons. The van der Waals surface area contributed by atoms with Gasteiger partial charge in [-0.2, -0.15) is 0 Å². The van der Waals surface area contributed by atoms with Crippen molar-refractivity contribution in [3.8, 4) is 9.95 Å².